The van der Waals surface area contributed by atoms with Crippen molar-refractivity contribution in [1.82, 2.24) is 4.31 Å². The number of nitrogens with zero attached hydrogens (tertiary/aromatic N) is 1. The number of carbonyl (C=O) groups excluding carboxylic acids is 1. The summed E-state index contributed by atoms with van der Waals surface area (Å²) in [5, 5.41) is 2.67. The van der Waals surface area contributed by atoms with E-state index in [0.29, 0.717) is 24.5 Å². The largest absolute Gasteiger partial charge is 0.482 e. The Morgan fingerprint density at radius 3 is 2.70 bits per heavy atom. The van der Waals surface area contributed by atoms with Gasteiger partial charge in [0.1, 0.15) is 5.75 Å². The molecule has 0 bridgehead atoms. The Bertz CT molecular complexity index is 975. The van der Waals surface area contributed by atoms with Crippen LogP contribution in [0, 0.1) is 0 Å². The van der Waals surface area contributed by atoms with Crippen molar-refractivity contribution >= 4 is 21.6 Å². The fraction of sp³-hybridized carbons (Fsp3) is 0.350. The number of hydrogen-bond donors (Lipinski definition) is 1. The van der Waals surface area contributed by atoms with E-state index < -0.39 is 10.0 Å². The summed E-state index contributed by atoms with van der Waals surface area (Å²) in [7, 11) is -3.67. The lowest BCUT2D eigenvalue weighted by molar-refractivity contribution is -0.118. The fourth-order valence-electron chi connectivity index (χ4n) is 3.85. The predicted molar refractivity (Wildman–Crippen MR) is 102 cm³/mol. The van der Waals surface area contributed by atoms with E-state index in [0.717, 1.165) is 18.4 Å². The first-order valence-corrected chi connectivity index (χ1v) is 10.4. The van der Waals surface area contributed by atoms with Crippen LogP contribution in [0.2, 0.25) is 0 Å². The number of ether oxygens (including phenoxy) is 1. The van der Waals surface area contributed by atoms with Crippen molar-refractivity contribution in [3.8, 4) is 5.75 Å². The molecule has 2 aromatic carbocycles. The highest BCUT2D eigenvalue weighted by Gasteiger charge is 2.38. The maximum atomic E-state index is 13.2. The summed E-state index contributed by atoms with van der Waals surface area (Å²) in [6.07, 6.45) is 1.74. The van der Waals surface area contributed by atoms with Crippen LogP contribution in [0.4, 0.5) is 5.69 Å². The quantitative estimate of drug-likeness (QED) is 0.880. The molecule has 1 saturated heterocycles. The molecule has 27 heavy (non-hydrogen) atoms. The Morgan fingerprint density at radius 2 is 1.93 bits per heavy atom. The van der Waals surface area contributed by atoms with Gasteiger partial charge in [0.2, 0.25) is 10.0 Å². The highest BCUT2D eigenvalue weighted by atomic mass is 32.2. The zero-order chi connectivity index (χ0) is 19.1. The third-order valence-electron chi connectivity index (χ3n) is 5.35. The van der Waals surface area contributed by atoms with Gasteiger partial charge in [-0.1, -0.05) is 37.3 Å². The Hall–Kier alpha value is -2.38. The predicted octanol–water partition coefficient (Wildman–Crippen LogP) is 2.76. The van der Waals surface area contributed by atoms with Crippen LogP contribution in [-0.2, 0) is 20.2 Å². The second kappa shape index (κ2) is 6.65. The van der Waals surface area contributed by atoms with Crippen LogP contribution < -0.4 is 10.1 Å². The standard InChI is InChI=1S/C20H22N2O4S/c1-20(15-6-3-2-4-7-15)10-5-11-22(14-20)27(24,25)16-8-9-18-17(12-16)21-19(23)13-26-18/h2-4,6-9,12H,5,10-11,13-14H2,1H3,(H,21,23)/t20-/m1/s1. The molecule has 6 nitrogen and oxygen atoms in total. The van der Waals surface area contributed by atoms with E-state index in [-0.39, 0.29) is 22.8 Å². The van der Waals surface area contributed by atoms with Crippen LogP contribution in [0.15, 0.2) is 53.4 Å². The number of sulfonamides is 1. The van der Waals surface area contributed by atoms with E-state index in [9.17, 15) is 13.2 Å². The molecule has 2 aliphatic rings. The zero-order valence-electron chi connectivity index (χ0n) is 15.1. The summed E-state index contributed by atoms with van der Waals surface area (Å²) in [4.78, 5) is 11.7. The van der Waals surface area contributed by atoms with Gasteiger partial charge in [-0.3, -0.25) is 4.79 Å². The van der Waals surface area contributed by atoms with Crippen LogP contribution in [0.5, 0.6) is 5.75 Å². The van der Waals surface area contributed by atoms with Crippen molar-refractivity contribution < 1.29 is 17.9 Å². The first-order chi connectivity index (χ1) is 12.9. The molecule has 2 aromatic rings. The lowest BCUT2D eigenvalue weighted by Gasteiger charge is -2.40. The molecule has 1 fully saturated rings. The van der Waals surface area contributed by atoms with E-state index in [2.05, 4.69) is 24.4 Å². The van der Waals surface area contributed by atoms with Gasteiger partial charge in [0.25, 0.3) is 5.91 Å². The zero-order valence-corrected chi connectivity index (χ0v) is 16.0. The number of amides is 1. The molecule has 0 aliphatic carbocycles. The van der Waals surface area contributed by atoms with Gasteiger partial charge in [-0.2, -0.15) is 4.31 Å². The van der Waals surface area contributed by atoms with E-state index in [1.165, 1.54) is 6.07 Å². The van der Waals surface area contributed by atoms with E-state index in [1.807, 2.05) is 18.2 Å². The van der Waals surface area contributed by atoms with Gasteiger partial charge in [0, 0.05) is 18.5 Å². The van der Waals surface area contributed by atoms with Crippen molar-refractivity contribution in [3.05, 3.63) is 54.1 Å². The lowest BCUT2D eigenvalue weighted by atomic mass is 9.77. The topological polar surface area (TPSA) is 75.7 Å². The van der Waals surface area contributed by atoms with Crippen molar-refractivity contribution in [1.29, 1.82) is 0 Å². The molecular formula is C20H22N2O4S. The van der Waals surface area contributed by atoms with Crippen molar-refractivity contribution in [2.75, 3.05) is 25.0 Å². The van der Waals surface area contributed by atoms with Gasteiger partial charge < -0.3 is 10.1 Å². The number of benzene rings is 2. The Kier molecular flexibility index (Phi) is 4.44. The number of fused-ring (bicyclic) bond motifs is 1. The molecule has 0 radical (unpaired) electrons. The molecular weight excluding hydrogens is 364 g/mol. The lowest BCUT2D eigenvalue weighted by Crippen LogP contribution is -2.47. The third-order valence-corrected chi connectivity index (χ3v) is 7.19. The number of piperidine rings is 1. The van der Waals surface area contributed by atoms with Crippen LogP contribution >= 0.6 is 0 Å². The highest BCUT2D eigenvalue weighted by Crippen LogP contribution is 2.37. The first kappa shape index (κ1) is 18.0. The van der Waals surface area contributed by atoms with Gasteiger partial charge in [0.05, 0.1) is 10.6 Å². The maximum Gasteiger partial charge on any atom is 0.262 e. The summed E-state index contributed by atoms with van der Waals surface area (Å²) < 4.78 is 33.4. The molecule has 4 rings (SSSR count). The van der Waals surface area contributed by atoms with Gasteiger partial charge in [-0.05, 0) is 36.6 Å². The monoisotopic (exact) mass is 386 g/mol. The van der Waals surface area contributed by atoms with E-state index in [4.69, 9.17) is 4.74 Å². The molecule has 0 unspecified atom stereocenters. The molecule has 0 saturated carbocycles. The number of carbonyl (C=O) groups is 1. The number of anilines is 1. The molecule has 2 heterocycles. The van der Waals surface area contributed by atoms with Crippen molar-refractivity contribution in [2.45, 2.75) is 30.1 Å². The smallest absolute Gasteiger partial charge is 0.262 e. The molecule has 7 heteroatoms. The summed E-state index contributed by atoms with van der Waals surface area (Å²) >= 11 is 0. The minimum Gasteiger partial charge on any atom is -0.482 e. The van der Waals surface area contributed by atoms with Gasteiger partial charge >= 0.3 is 0 Å². The van der Waals surface area contributed by atoms with Crippen molar-refractivity contribution in [2.24, 2.45) is 0 Å². The fourth-order valence-corrected chi connectivity index (χ4v) is 5.48. The maximum absolute atomic E-state index is 13.2. The Balaban J connectivity index is 1.64. The summed E-state index contributed by atoms with van der Waals surface area (Å²) in [6, 6.07) is 14.7. The van der Waals surface area contributed by atoms with E-state index in [1.54, 1.807) is 16.4 Å². The molecule has 1 N–H and O–H groups in total. The molecule has 0 spiro atoms. The molecule has 1 amide bonds. The normalized spacial score (nSPS) is 23.2. The average molecular weight is 386 g/mol. The van der Waals surface area contributed by atoms with Crippen LogP contribution in [-0.4, -0.2) is 38.3 Å². The Labute approximate surface area is 159 Å². The van der Waals surface area contributed by atoms with Gasteiger partial charge in [-0.15, -0.1) is 0 Å². The van der Waals surface area contributed by atoms with E-state index >= 15 is 0 Å². The van der Waals surface area contributed by atoms with Gasteiger partial charge in [0.15, 0.2) is 6.61 Å². The molecule has 1 atom stereocenters. The summed E-state index contributed by atoms with van der Waals surface area (Å²) in [5.41, 5.74) is 1.32. The second-order valence-corrected chi connectivity index (χ2v) is 9.30. The van der Waals surface area contributed by atoms with Gasteiger partial charge in [-0.25, -0.2) is 8.42 Å². The van der Waals surface area contributed by atoms with Crippen molar-refractivity contribution in [3.63, 3.8) is 0 Å². The van der Waals surface area contributed by atoms with Crippen LogP contribution in [0.25, 0.3) is 0 Å². The molecule has 2 aliphatic heterocycles. The summed E-state index contributed by atoms with van der Waals surface area (Å²) in [5.74, 6) is 0.202. The molecule has 142 valence electrons. The van der Waals surface area contributed by atoms with Crippen LogP contribution in [0.3, 0.4) is 0 Å². The Morgan fingerprint density at radius 1 is 1.15 bits per heavy atom. The number of hydrogen-bond acceptors (Lipinski definition) is 4. The summed E-state index contributed by atoms with van der Waals surface area (Å²) in [6.45, 7) is 2.98. The minimum atomic E-state index is -3.67. The SMILES string of the molecule is C[C@@]1(c2ccccc2)CCCN(S(=O)(=O)c2ccc3c(c2)NC(=O)CO3)C1. The van der Waals surface area contributed by atoms with Crippen LogP contribution in [0.1, 0.15) is 25.3 Å². The first-order valence-electron chi connectivity index (χ1n) is 9.01. The average Bonchev–Trinajstić information content (AvgIpc) is 2.68. The molecule has 0 aromatic heterocycles. The number of nitrogens with one attached hydrogen (secondary N) is 1. The number of rotatable bonds is 3. The highest BCUT2D eigenvalue weighted by molar-refractivity contribution is 7.89. The third kappa shape index (κ3) is 3.33. The second-order valence-electron chi connectivity index (χ2n) is 7.36. The minimum absolute atomic E-state index is 0.0549.